The Balaban J connectivity index is 2.33. The predicted molar refractivity (Wildman–Crippen MR) is 89.8 cm³/mol. The van der Waals surface area contributed by atoms with Gasteiger partial charge in [-0.05, 0) is 43.5 Å². The van der Waals surface area contributed by atoms with Crippen molar-refractivity contribution in [2.24, 2.45) is 5.73 Å². The van der Waals surface area contributed by atoms with E-state index in [-0.39, 0.29) is 17.3 Å². The Morgan fingerprint density at radius 1 is 1.42 bits per heavy atom. The third-order valence-electron chi connectivity index (χ3n) is 4.44. The van der Waals surface area contributed by atoms with Crippen LogP contribution in [0.4, 0.5) is 4.39 Å². The molecule has 1 aromatic heterocycles. The van der Waals surface area contributed by atoms with Gasteiger partial charge in [-0.25, -0.2) is 9.07 Å². The molecule has 0 bridgehead atoms. The topological polar surface area (TPSA) is 93.2 Å². The summed E-state index contributed by atoms with van der Waals surface area (Å²) in [4.78, 5) is 12.5. The molecule has 0 aliphatic carbocycles. The number of nitrogens with zero attached hydrogens (tertiary/aromatic N) is 2. The van der Waals surface area contributed by atoms with Gasteiger partial charge in [-0.2, -0.15) is 5.10 Å². The highest BCUT2D eigenvalue weighted by Gasteiger charge is 2.29. The van der Waals surface area contributed by atoms with Gasteiger partial charge in [0.25, 0.3) is 5.91 Å². The molecule has 24 heavy (non-hydrogen) atoms. The van der Waals surface area contributed by atoms with Gasteiger partial charge in [-0.1, -0.05) is 13.8 Å². The molecule has 7 heteroatoms. The van der Waals surface area contributed by atoms with Crippen molar-refractivity contribution in [2.75, 3.05) is 6.54 Å². The van der Waals surface area contributed by atoms with Crippen LogP contribution in [0, 0.1) is 12.7 Å². The van der Waals surface area contributed by atoms with Crippen molar-refractivity contribution < 1.29 is 14.3 Å². The maximum Gasteiger partial charge on any atom is 0.276 e. The Bertz CT molecular complexity index is 730. The van der Waals surface area contributed by atoms with E-state index in [0.717, 1.165) is 0 Å². The molecule has 2 rings (SSSR count). The molecule has 0 radical (unpaired) electrons. The van der Waals surface area contributed by atoms with E-state index in [0.29, 0.717) is 30.6 Å². The third kappa shape index (κ3) is 3.41. The van der Waals surface area contributed by atoms with Crippen molar-refractivity contribution in [1.29, 1.82) is 0 Å². The van der Waals surface area contributed by atoms with Gasteiger partial charge in [0.05, 0.1) is 17.4 Å². The lowest BCUT2D eigenvalue weighted by atomic mass is 9.93. The number of halogens is 1. The van der Waals surface area contributed by atoms with Gasteiger partial charge >= 0.3 is 0 Å². The normalized spacial score (nSPS) is 11.5. The highest BCUT2D eigenvalue weighted by Crippen LogP contribution is 2.22. The lowest BCUT2D eigenvalue weighted by Crippen LogP contribution is -2.53. The molecule has 1 aromatic carbocycles. The van der Waals surface area contributed by atoms with Crippen molar-refractivity contribution in [3.05, 3.63) is 41.5 Å². The number of carbonyl (C=O) groups excluding carboxylic acids is 1. The number of amides is 1. The average molecular weight is 334 g/mol. The smallest absolute Gasteiger partial charge is 0.276 e. The maximum atomic E-state index is 13.2. The molecule has 1 heterocycles. The number of hydrogen-bond donors (Lipinski definition) is 3. The van der Waals surface area contributed by atoms with Crippen LogP contribution in [0.25, 0.3) is 5.69 Å². The van der Waals surface area contributed by atoms with Crippen LogP contribution in [-0.4, -0.2) is 32.9 Å². The first-order chi connectivity index (χ1) is 11.4. The monoisotopic (exact) mass is 334 g/mol. The number of nitrogens with one attached hydrogen (secondary N) is 1. The standard InChI is InChI=1S/C17H23FN4O2/c1-4-17(5-2,10-19)20-16(24)15-14(23)9-22(21-15)13-7-6-12(18)8-11(13)3/h6-9,23H,4-5,10,19H2,1-3H3,(H,20,24). The SMILES string of the molecule is CCC(CC)(CN)NC(=O)c1nn(-c2ccc(F)cc2C)cc1O. The summed E-state index contributed by atoms with van der Waals surface area (Å²) < 4.78 is 14.6. The molecular weight excluding hydrogens is 311 g/mol. The second-order valence-corrected chi connectivity index (χ2v) is 5.88. The Morgan fingerprint density at radius 2 is 2.08 bits per heavy atom. The zero-order chi connectivity index (χ0) is 17.9. The molecule has 0 atom stereocenters. The van der Waals surface area contributed by atoms with Crippen molar-refractivity contribution >= 4 is 5.91 Å². The van der Waals surface area contributed by atoms with Gasteiger partial charge in [0.2, 0.25) is 0 Å². The minimum Gasteiger partial charge on any atom is -0.504 e. The minimum atomic E-state index is -0.529. The van der Waals surface area contributed by atoms with Crippen LogP contribution in [0.15, 0.2) is 24.4 Å². The fourth-order valence-corrected chi connectivity index (χ4v) is 2.59. The van der Waals surface area contributed by atoms with Gasteiger partial charge in [0, 0.05) is 6.54 Å². The lowest BCUT2D eigenvalue weighted by Gasteiger charge is -2.31. The van der Waals surface area contributed by atoms with Gasteiger partial charge in [-0.3, -0.25) is 4.79 Å². The summed E-state index contributed by atoms with van der Waals surface area (Å²) >= 11 is 0. The van der Waals surface area contributed by atoms with E-state index in [2.05, 4.69) is 10.4 Å². The molecule has 130 valence electrons. The number of carbonyl (C=O) groups is 1. The van der Waals surface area contributed by atoms with Crippen LogP contribution in [-0.2, 0) is 0 Å². The van der Waals surface area contributed by atoms with Crippen LogP contribution < -0.4 is 11.1 Å². The minimum absolute atomic E-state index is 0.0848. The van der Waals surface area contributed by atoms with E-state index in [1.165, 1.54) is 23.0 Å². The molecule has 0 fully saturated rings. The molecule has 0 aliphatic heterocycles. The molecule has 0 saturated heterocycles. The Labute approximate surface area is 140 Å². The zero-order valence-electron chi connectivity index (χ0n) is 14.1. The first-order valence-corrected chi connectivity index (χ1v) is 7.93. The van der Waals surface area contributed by atoms with E-state index >= 15 is 0 Å². The molecule has 4 N–H and O–H groups in total. The van der Waals surface area contributed by atoms with Crippen LogP contribution in [0.2, 0.25) is 0 Å². The van der Waals surface area contributed by atoms with Crippen molar-refractivity contribution in [3.8, 4) is 11.4 Å². The fourth-order valence-electron chi connectivity index (χ4n) is 2.59. The predicted octanol–water partition coefficient (Wildman–Crippen LogP) is 2.27. The van der Waals surface area contributed by atoms with Crippen LogP contribution in [0.5, 0.6) is 5.75 Å². The molecule has 0 spiro atoms. The second-order valence-electron chi connectivity index (χ2n) is 5.88. The van der Waals surface area contributed by atoms with E-state index in [4.69, 9.17) is 5.73 Å². The van der Waals surface area contributed by atoms with Crippen LogP contribution in [0.3, 0.4) is 0 Å². The Morgan fingerprint density at radius 3 is 2.62 bits per heavy atom. The summed E-state index contributed by atoms with van der Waals surface area (Å²) in [6.45, 7) is 5.91. The summed E-state index contributed by atoms with van der Waals surface area (Å²) in [6, 6.07) is 4.21. The first-order valence-electron chi connectivity index (χ1n) is 7.93. The number of aromatic nitrogens is 2. The van der Waals surface area contributed by atoms with Crippen molar-refractivity contribution in [2.45, 2.75) is 39.2 Å². The molecule has 0 unspecified atom stereocenters. The molecule has 0 aliphatic rings. The Hall–Kier alpha value is -2.41. The largest absolute Gasteiger partial charge is 0.504 e. The average Bonchev–Trinajstić information content (AvgIpc) is 2.94. The zero-order valence-corrected chi connectivity index (χ0v) is 14.1. The van der Waals surface area contributed by atoms with Crippen LogP contribution >= 0.6 is 0 Å². The lowest BCUT2D eigenvalue weighted by molar-refractivity contribution is 0.0887. The highest BCUT2D eigenvalue weighted by molar-refractivity contribution is 5.95. The van der Waals surface area contributed by atoms with E-state index in [1.54, 1.807) is 13.0 Å². The van der Waals surface area contributed by atoms with Crippen LogP contribution in [0.1, 0.15) is 42.7 Å². The number of rotatable bonds is 6. The molecule has 2 aromatic rings. The number of nitrogens with two attached hydrogens (primary N) is 1. The summed E-state index contributed by atoms with van der Waals surface area (Å²) in [5.41, 5.74) is 6.40. The number of hydrogen-bond acceptors (Lipinski definition) is 4. The second kappa shape index (κ2) is 7.00. The number of benzene rings is 1. The van der Waals surface area contributed by atoms with Gasteiger partial charge < -0.3 is 16.2 Å². The van der Waals surface area contributed by atoms with Crippen molar-refractivity contribution in [1.82, 2.24) is 15.1 Å². The van der Waals surface area contributed by atoms with E-state index in [9.17, 15) is 14.3 Å². The summed E-state index contributed by atoms with van der Waals surface area (Å²) in [6.07, 6.45) is 2.67. The summed E-state index contributed by atoms with van der Waals surface area (Å²) in [5, 5.41) is 17.1. The van der Waals surface area contributed by atoms with E-state index < -0.39 is 11.4 Å². The molecular formula is C17H23FN4O2. The molecule has 1 amide bonds. The van der Waals surface area contributed by atoms with Crippen molar-refractivity contribution in [3.63, 3.8) is 0 Å². The summed E-state index contributed by atoms with van der Waals surface area (Å²) in [5.74, 6) is -1.08. The first kappa shape index (κ1) is 17.9. The number of aryl methyl sites for hydroxylation is 1. The molecule has 0 saturated carbocycles. The summed E-state index contributed by atoms with van der Waals surface area (Å²) in [7, 11) is 0. The maximum absolute atomic E-state index is 13.2. The number of aromatic hydroxyl groups is 1. The fraction of sp³-hybridized carbons (Fsp3) is 0.412. The van der Waals surface area contributed by atoms with Gasteiger partial charge in [0.1, 0.15) is 5.82 Å². The van der Waals surface area contributed by atoms with Gasteiger partial charge in [0.15, 0.2) is 11.4 Å². The van der Waals surface area contributed by atoms with E-state index in [1.807, 2.05) is 13.8 Å². The van der Waals surface area contributed by atoms with Gasteiger partial charge in [-0.15, -0.1) is 0 Å². The third-order valence-corrected chi connectivity index (χ3v) is 4.44. The Kier molecular flexibility index (Phi) is 5.23. The molecule has 6 nitrogen and oxygen atoms in total. The quantitative estimate of drug-likeness (QED) is 0.755. The highest BCUT2D eigenvalue weighted by atomic mass is 19.1.